The predicted octanol–water partition coefficient (Wildman–Crippen LogP) is 2.95. The molecule has 0 saturated carbocycles. The number of methoxy groups -OCH3 is 1. The molecule has 1 aromatic carbocycles. The molecule has 5 nitrogen and oxygen atoms in total. The van der Waals surface area contributed by atoms with Crippen LogP contribution in [0, 0.1) is 0 Å². The zero-order valence-corrected chi connectivity index (χ0v) is 11.3. The highest BCUT2D eigenvalue weighted by molar-refractivity contribution is 7.13. The largest absolute Gasteiger partial charge is 0.478 e. The van der Waals surface area contributed by atoms with Gasteiger partial charge < -0.3 is 9.84 Å². The van der Waals surface area contributed by atoms with Gasteiger partial charge in [0.1, 0.15) is 5.01 Å². The van der Waals surface area contributed by atoms with E-state index >= 15 is 0 Å². The minimum Gasteiger partial charge on any atom is -0.478 e. The molecule has 0 atom stereocenters. The molecule has 0 radical (unpaired) electrons. The van der Waals surface area contributed by atoms with Gasteiger partial charge in [-0.2, -0.15) is 0 Å². The highest BCUT2D eigenvalue weighted by Crippen LogP contribution is 2.28. The molecule has 0 amide bonds. The molecule has 19 heavy (non-hydrogen) atoms. The van der Waals surface area contributed by atoms with Crippen LogP contribution in [0.4, 0.5) is 0 Å². The molecule has 1 heterocycles. The van der Waals surface area contributed by atoms with Crippen LogP contribution in [0.2, 0.25) is 5.02 Å². The van der Waals surface area contributed by atoms with Crippen LogP contribution < -0.4 is 0 Å². The SMILES string of the molecule is COC(=O)c1csc(-c2ccc(Cl)c(C(=O)O)c2)n1. The number of halogens is 1. The number of rotatable bonds is 3. The van der Waals surface area contributed by atoms with Crippen molar-refractivity contribution >= 4 is 34.9 Å². The Morgan fingerprint density at radius 1 is 1.42 bits per heavy atom. The molecule has 0 aliphatic rings. The number of benzene rings is 1. The van der Waals surface area contributed by atoms with E-state index in [0.29, 0.717) is 10.6 Å². The van der Waals surface area contributed by atoms with Gasteiger partial charge in [0.15, 0.2) is 5.69 Å². The highest BCUT2D eigenvalue weighted by Gasteiger charge is 2.15. The summed E-state index contributed by atoms with van der Waals surface area (Å²) in [5, 5.41) is 11.2. The summed E-state index contributed by atoms with van der Waals surface area (Å²) in [6, 6.07) is 4.55. The van der Waals surface area contributed by atoms with E-state index in [1.165, 1.54) is 30.6 Å². The normalized spacial score (nSPS) is 10.2. The molecule has 0 unspecified atom stereocenters. The maximum absolute atomic E-state index is 11.3. The van der Waals surface area contributed by atoms with E-state index in [4.69, 9.17) is 16.7 Å². The number of carbonyl (C=O) groups excluding carboxylic acids is 1. The van der Waals surface area contributed by atoms with Crippen LogP contribution in [0.3, 0.4) is 0 Å². The average molecular weight is 298 g/mol. The minimum atomic E-state index is -1.11. The molecule has 98 valence electrons. The summed E-state index contributed by atoms with van der Waals surface area (Å²) < 4.78 is 4.56. The van der Waals surface area contributed by atoms with E-state index in [1.807, 2.05) is 0 Å². The van der Waals surface area contributed by atoms with E-state index in [-0.39, 0.29) is 16.3 Å². The molecule has 0 spiro atoms. The van der Waals surface area contributed by atoms with Crippen LogP contribution in [-0.2, 0) is 4.74 Å². The summed E-state index contributed by atoms with van der Waals surface area (Å²) in [4.78, 5) is 26.4. The Labute approximate surface area is 117 Å². The van der Waals surface area contributed by atoms with Crippen LogP contribution in [0.25, 0.3) is 10.6 Å². The number of carbonyl (C=O) groups is 2. The van der Waals surface area contributed by atoms with Crippen LogP contribution in [0.5, 0.6) is 0 Å². The van der Waals surface area contributed by atoms with Gasteiger partial charge in [0.2, 0.25) is 0 Å². The lowest BCUT2D eigenvalue weighted by Crippen LogP contribution is -2.01. The zero-order valence-electron chi connectivity index (χ0n) is 9.71. The van der Waals surface area contributed by atoms with Gasteiger partial charge in [-0.25, -0.2) is 14.6 Å². The maximum Gasteiger partial charge on any atom is 0.357 e. The molecular formula is C12H8ClNO4S. The van der Waals surface area contributed by atoms with Gasteiger partial charge in [0.05, 0.1) is 17.7 Å². The van der Waals surface area contributed by atoms with Crippen molar-refractivity contribution in [3.63, 3.8) is 0 Å². The molecule has 2 rings (SSSR count). The Kier molecular flexibility index (Phi) is 3.82. The van der Waals surface area contributed by atoms with E-state index in [0.717, 1.165) is 0 Å². The van der Waals surface area contributed by atoms with Gasteiger partial charge in [0, 0.05) is 10.9 Å². The van der Waals surface area contributed by atoms with Gasteiger partial charge >= 0.3 is 11.9 Å². The fourth-order valence-electron chi connectivity index (χ4n) is 1.43. The summed E-state index contributed by atoms with van der Waals surface area (Å²) in [5.74, 6) is -1.65. The van der Waals surface area contributed by atoms with Gasteiger partial charge in [-0.15, -0.1) is 11.3 Å². The molecule has 0 bridgehead atoms. The second kappa shape index (κ2) is 5.38. The first-order valence-electron chi connectivity index (χ1n) is 5.10. The first-order chi connectivity index (χ1) is 9.02. The maximum atomic E-state index is 11.3. The van der Waals surface area contributed by atoms with Crippen molar-refractivity contribution < 1.29 is 19.4 Å². The summed E-state index contributed by atoms with van der Waals surface area (Å²) in [6.07, 6.45) is 0. The van der Waals surface area contributed by atoms with Crippen molar-refractivity contribution in [3.8, 4) is 10.6 Å². The van der Waals surface area contributed by atoms with Crippen molar-refractivity contribution in [2.45, 2.75) is 0 Å². The van der Waals surface area contributed by atoms with Gasteiger partial charge in [-0.1, -0.05) is 17.7 Å². The lowest BCUT2D eigenvalue weighted by Gasteiger charge is -2.01. The molecule has 0 saturated heterocycles. The van der Waals surface area contributed by atoms with Gasteiger partial charge in [-0.05, 0) is 12.1 Å². The number of ether oxygens (including phenoxy) is 1. The Bertz CT molecular complexity index is 653. The summed E-state index contributed by atoms with van der Waals surface area (Å²) in [6.45, 7) is 0. The first kappa shape index (κ1) is 13.5. The monoisotopic (exact) mass is 297 g/mol. The second-order valence-corrected chi connectivity index (χ2v) is 4.79. The molecule has 0 aliphatic heterocycles. The van der Waals surface area contributed by atoms with Gasteiger partial charge in [-0.3, -0.25) is 0 Å². The Morgan fingerprint density at radius 2 is 2.16 bits per heavy atom. The van der Waals surface area contributed by atoms with E-state index in [9.17, 15) is 9.59 Å². The second-order valence-electron chi connectivity index (χ2n) is 3.53. The standard InChI is InChI=1S/C12H8ClNO4S/c1-18-12(17)9-5-19-10(14-9)6-2-3-8(13)7(4-6)11(15)16/h2-5H,1H3,(H,15,16). The number of aromatic carboxylic acids is 1. The van der Waals surface area contributed by atoms with Crippen molar-refractivity contribution in [2.24, 2.45) is 0 Å². The lowest BCUT2D eigenvalue weighted by molar-refractivity contribution is 0.0594. The summed E-state index contributed by atoms with van der Waals surface area (Å²) in [5.41, 5.74) is 0.769. The first-order valence-corrected chi connectivity index (χ1v) is 6.35. The molecule has 2 aromatic rings. The minimum absolute atomic E-state index is 0.00557. The van der Waals surface area contributed by atoms with Gasteiger partial charge in [0.25, 0.3) is 0 Å². The molecule has 0 fully saturated rings. The van der Waals surface area contributed by atoms with Crippen molar-refractivity contribution in [3.05, 3.63) is 39.9 Å². The predicted molar refractivity (Wildman–Crippen MR) is 70.9 cm³/mol. The number of hydrogen-bond acceptors (Lipinski definition) is 5. The van der Waals surface area contributed by atoms with Crippen LogP contribution >= 0.6 is 22.9 Å². The quantitative estimate of drug-likeness (QED) is 0.881. The third-order valence-corrected chi connectivity index (χ3v) is 3.56. The number of hydrogen-bond donors (Lipinski definition) is 1. The van der Waals surface area contributed by atoms with Crippen LogP contribution in [0.15, 0.2) is 23.6 Å². The van der Waals surface area contributed by atoms with E-state index in [1.54, 1.807) is 11.4 Å². The number of carboxylic acid groups (broad SMARTS) is 1. The number of aromatic nitrogens is 1. The zero-order chi connectivity index (χ0) is 14.0. The highest BCUT2D eigenvalue weighted by atomic mass is 35.5. The third-order valence-electron chi connectivity index (χ3n) is 2.34. The Balaban J connectivity index is 2.42. The molecule has 1 N–H and O–H groups in total. The van der Waals surface area contributed by atoms with Crippen molar-refractivity contribution in [2.75, 3.05) is 7.11 Å². The van der Waals surface area contributed by atoms with Crippen LogP contribution in [-0.4, -0.2) is 29.1 Å². The molecule has 0 aliphatic carbocycles. The number of thiazole rings is 1. The number of nitrogens with zero attached hydrogens (tertiary/aromatic N) is 1. The van der Waals surface area contributed by atoms with Crippen LogP contribution in [0.1, 0.15) is 20.8 Å². The summed E-state index contributed by atoms with van der Waals surface area (Å²) in [7, 11) is 1.27. The topological polar surface area (TPSA) is 76.5 Å². The van der Waals surface area contributed by atoms with E-state index < -0.39 is 11.9 Å². The number of esters is 1. The average Bonchev–Trinajstić information content (AvgIpc) is 2.87. The Morgan fingerprint density at radius 3 is 2.79 bits per heavy atom. The third kappa shape index (κ3) is 2.74. The summed E-state index contributed by atoms with van der Waals surface area (Å²) >= 11 is 7.01. The van der Waals surface area contributed by atoms with E-state index in [2.05, 4.69) is 9.72 Å². The smallest absolute Gasteiger partial charge is 0.357 e. The molecular weight excluding hydrogens is 290 g/mol. The molecule has 1 aromatic heterocycles. The van der Waals surface area contributed by atoms with Crippen molar-refractivity contribution in [1.29, 1.82) is 0 Å². The molecule has 7 heteroatoms. The lowest BCUT2D eigenvalue weighted by atomic mass is 10.1. The fourth-order valence-corrected chi connectivity index (χ4v) is 2.41. The van der Waals surface area contributed by atoms with Crippen molar-refractivity contribution in [1.82, 2.24) is 4.98 Å². The fraction of sp³-hybridized carbons (Fsp3) is 0.0833. The number of carboxylic acids is 1. The Hall–Kier alpha value is -1.92.